The van der Waals surface area contributed by atoms with Crippen molar-refractivity contribution in [2.75, 3.05) is 45.2 Å². The molecule has 1 fully saturated rings. The fourth-order valence-electron chi connectivity index (χ4n) is 4.22. The Morgan fingerprint density at radius 1 is 0.912 bits per heavy atom. The van der Waals surface area contributed by atoms with Crippen molar-refractivity contribution >= 4 is 22.4 Å². The summed E-state index contributed by atoms with van der Waals surface area (Å²) in [6.45, 7) is 3.82. The number of anilines is 1. The van der Waals surface area contributed by atoms with E-state index in [4.69, 9.17) is 4.74 Å². The molecule has 0 atom stereocenters. The van der Waals surface area contributed by atoms with Crippen molar-refractivity contribution in [3.63, 3.8) is 0 Å². The molecular weight excluding hydrogens is 426 g/mol. The molecule has 0 aliphatic carbocycles. The van der Waals surface area contributed by atoms with E-state index in [2.05, 4.69) is 37.9 Å². The van der Waals surface area contributed by atoms with Gasteiger partial charge in [-0.1, -0.05) is 12.1 Å². The SMILES string of the molecule is COc1cncc(-c2ccc3cnc(CC(=O)c4ccnc(N5CCN(C)CC5)c4)cc3c2)c1. The lowest BCUT2D eigenvalue weighted by atomic mass is 10.0. The second-order valence-electron chi connectivity index (χ2n) is 8.64. The second kappa shape index (κ2) is 9.57. The Kier molecular flexibility index (Phi) is 6.18. The van der Waals surface area contributed by atoms with E-state index >= 15 is 0 Å². The van der Waals surface area contributed by atoms with E-state index in [1.165, 1.54) is 0 Å². The van der Waals surface area contributed by atoms with E-state index in [-0.39, 0.29) is 12.2 Å². The molecule has 3 aromatic heterocycles. The predicted molar refractivity (Wildman–Crippen MR) is 134 cm³/mol. The molecule has 0 radical (unpaired) electrons. The fraction of sp³-hybridized carbons (Fsp3) is 0.259. The third-order valence-electron chi connectivity index (χ3n) is 6.30. The Balaban J connectivity index is 1.36. The lowest BCUT2D eigenvalue weighted by Crippen LogP contribution is -2.44. The summed E-state index contributed by atoms with van der Waals surface area (Å²) in [5, 5.41) is 2.06. The molecule has 0 amide bonds. The number of hydrogen-bond acceptors (Lipinski definition) is 7. The van der Waals surface area contributed by atoms with Gasteiger partial charge < -0.3 is 14.5 Å². The number of aromatic nitrogens is 3. The molecule has 172 valence electrons. The number of benzene rings is 1. The summed E-state index contributed by atoms with van der Waals surface area (Å²) in [4.78, 5) is 30.9. The number of rotatable bonds is 6. The maximum atomic E-state index is 13.1. The van der Waals surface area contributed by atoms with Crippen molar-refractivity contribution in [3.8, 4) is 16.9 Å². The average Bonchev–Trinajstić information content (AvgIpc) is 2.89. The van der Waals surface area contributed by atoms with Crippen LogP contribution in [0.5, 0.6) is 5.75 Å². The van der Waals surface area contributed by atoms with Crippen LogP contribution in [0, 0.1) is 0 Å². The van der Waals surface area contributed by atoms with Gasteiger partial charge in [0.25, 0.3) is 0 Å². The van der Waals surface area contributed by atoms with Crippen LogP contribution >= 0.6 is 0 Å². The molecule has 7 heteroatoms. The zero-order chi connectivity index (χ0) is 23.5. The number of fused-ring (bicyclic) bond motifs is 1. The van der Waals surface area contributed by atoms with Crippen LogP contribution in [-0.4, -0.2) is 66.0 Å². The molecule has 0 spiro atoms. The van der Waals surface area contributed by atoms with E-state index in [9.17, 15) is 4.79 Å². The first-order chi connectivity index (χ1) is 16.6. The number of likely N-dealkylation sites (N-methyl/N-ethyl adjacent to an activating group) is 1. The maximum Gasteiger partial charge on any atom is 0.169 e. The highest BCUT2D eigenvalue weighted by molar-refractivity contribution is 5.98. The average molecular weight is 454 g/mol. The number of nitrogens with zero attached hydrogens (tertiary/aromatic N) is 5. The maximum absolute atomic E-state index is 13.1. The van der Waals surface area contributed by atoms with Crippen molar-refractivity contribution in [3.05, 3.63) is 78.5 Å². The number of carbonyl (C=O) groups is 1. The zero-order valence-electron chi connectivity index (χ0n) is 19.4. The number of ketones is 1. The van der Waals surface area contributed by atoms with Crippen molar-refractivity contribution in [2.45, 2.75) is 6.42 Å². The van der Waals surface area contributed by atoms with E-state index in [0.717, 1.165) is 59.6 Å². The van der Waals surface area contributed by atoms with Crippen molar-refractivity contribution in [1.82, 2.24) is 19.9 Å². The number of Topliss-reactive ketones (excluding diaryl/α,β-unsaturated/α-hetero) is 1. The van der Waals surface area contributed by atoms with Gasteiger partial charge in [0, 0.05) is 67.0 Å². The normalized spacial score (nSPS) is 14.4. The Hall–Kier alpha value is -3.84. The summed E-state index contributed by atoms with van der Waals surface area (Å²) in [6.07, 6.45) is 7.30. The fourth-order valence-corrected chi connectivity index (χ4v) is 4.22. The first-order valence-electron chi connectivity index (χ1n) is 11.4. The molecule has 0 N–H and O–H groups in total. The molecule has 1 aliphatic rings. The second-order valence-corrected chi connectivity index (χ2v) is 8.64. The summed E-state index contributed by atoms with van der Waals surface area (Å²) in [6, 6.07) is 13.8. The monoisotopic (exact) mass is 453 g/mol. The van der Waals surface area contributed by atoms with E-state index < -0.39 is 0 Å². The molecule has 1 saturated heterocycles. The highest BCUT2D eigenvalue weighted by Gasteiger charge is 2.17. The molecule has 5 rings (SSSR count). The molecule has 7 nitrogen and oxygen atoms in total. The van der Waals surface area contributed by atoms with Gasteiger partial charge in [0.05, 0.1) is 19.7 Å². The van der Waals surface area contributed by atoms with Crippen LogP contribution in [0.1, 0.15) is 16.1 Å². The van der Waals surface area contributed by atoms with Gasteiger partial charge in [0.2, 0.25) is 0 Å². The largest absolute Gasteiger partial charge is 0.495 e. The van der Waals surface area contributed by atoms with Crippen LogP contribution in [-0.2, 0) is 6.42 Å². The molecule has 1 aliphatic heterocycles. The first kappa shape index (κ1) is 22.0. The van der Waals surface area contributed by atoms with Gasteiger partial charge in [-0.15, -0.1) is 0 Å². The molecule has 34 heavy (non-hydrogen) atoms. The molecule has 0 bridgehead atoms. The smallest absolute Gasteiger partial charge is 0.169 e. The number of ether oxygens (including phenoxy) is 1. The number of hydrogen-bond donors (Lipinski definition) is 0. The summed E-state index contributed by atoms with van der Waals surface area (Å²) in [7, 11) is 3.75. The highest BCUT2D eigenvalue weighted by atomic mass is 16.5. The molecule has 4 aromatic rings. The molecule has 1 aromatic carbocycles. The minimum Gasteiger partial charge on any atom is -0.495 e. The molecule has 0 saturated carbocycles. The van der Waals surface area contributed by atoms with Crippen LogP contribution in [0.2, 0.25) is 0 Å². The summed E-state index contributed by atoms with van der Waals surface area (Å²) >= 11 is 0. The van der Waals surface area contributed by atoms with Gasteiger partial charge in [0.1, 0.15) is 11.6 Å². The summed E-state index contributed by atoms with van der Waals surface area (Å²) in [5.74, 6) is 1.62. The number of methoxy groups -OCH3 is 1. The highest BCUT2D eigenvalue weighted by Crippen LogP contribution is 2.27. The first-order valence-corrected chi connectivity index (χ1v) is 11.4. The topological polar surface area (TPSA) is 71.4 Å². The number of pyridine rings is 3. The number of carbonyl (C=O) groups excluding carboxylic acids is 1. The lowest BCUT2D eigenvalue weighted by Gasteiger charge is -2.33. The summed E-state index contributed by atoms with van der Waals surface area (Å²) in [5.41, 5.74) is 3.43. The van der Waals surface area contributed by atoms with Gasteiger partial charge in [-0.05, 0) is 48.3 Å². The van der Waals surface area contributed by atoms with Gasteiger partial charge in [-0.25, -0.2) is 4.98 Å². The van der Waals surface area contributed by atoms with Gasteiger partial charge in [-0.3, -0.25) is 14.8 Å². The summed E-state index contributed by atoms with van der Waals surface area (Å²) < 4.78 is 5.30. The Morgan fingerprint density at radius 3 is 2.59 bits per heavy atom. The third kappa shape index (κ3) is 4.75. The van der Waals surface area contributed by atoms with Gasteiger partial charge in [-0.2, -0.15) is 0 Å². The van der Waals surface area contributed by atoms with Crippen molar-refractivity contribution in [1.29, 1.82) is 0 Å². The van der Waals surface area contributed by atoms with Crippen molar-refractivity contribution in [2.24, 2.45) is 0 Å². The third-order valence-corrected chi connectivity index (χ3v) is 6.30. The molecule has 0 unspecified atom stereocenters. The van der Waals surface area contributed by atoms with E-state index in [1.807, 2.05) is 42.7 Å². The predicted octanol–water partition coefficient (Wildman–Crippen LogP) is 3.88. The minimum atomic E-state index is 0.0396. The zero-order valence-corrected chi connectivity index (χ0v) is 19.4. The van der Waals surface area contributed by atoms with Crippen LogP contribution < -0.4 is 9.64 Å². The Labute approximate surface area is 199 Å². The number of piperazine rings is 1. The van der Waals surface area contributed by atoms with E-state index in [0.29, 0.717) is 11.3 Å². The Morgan fingerprint density at radius 2 is 1.76 bits per heavy atom. The van der Waals surface area contributed by atoms with Crippen LogP contribution in [0.4, 0.5) is 5.82 Å². The van der Waals surface area contributed by atoms with Gasteiger partial charge in [0.15, 0.2) is 5.78 Å². The van der Waals surface area contributed by atoms with Crippen molar-refractivity contribution < 1.29 is 9.53 Å². The minimum absolute atomic E-state index is 0.0396. The molecular formula is C27H27N5O2. The van der Waals surface area contributed by atoms with Gasteiger partial charge >= 0.3 is 0 Å². The van der Waals surface area contributed by atoms with Crippen LogP contribution in [0.3, 0.4) is 0 Å². The van der Waals surface area contributed by atoms with Crippen LogP contribution in [0.15, 0.2) is 67.3 Å². The lowest BCUT2D eigenvalue weighted by molar-refractivity contribution is 0.0992. The standard InChI is InChI=1S/C27H27N5O2/c1-31-7-9-32(10-8-31)27-14-20(5-6-29-27)26(33)15-24-12-22-11-19(3-4-21(22)17-30-24)23-13-25(34-2)18-28-16-23/h3-6,11-14,16-18H,7-10,15H2,1-2H3. The molecule has 4 heterocycles. The van der Waals surface area contributed by atoms with E-state index in [1.54, 1.807) is 25.6 Å². The quantitative estimate of drug-likeness (QED) is 0.410. The van der Waals surface area contributed by atoms with Crippen LogP contribution in [0.25, 0.3) is 21.9 Å². The Bertz CT molecular complexity index is 1330.